The summed E-state index contributed by atoms with van der Waals surface area (Å²) >= 11 is 1.15. The van der Waals surface area contributed by atoms with Crippen molar-refractivity contribution in [1.82, 2.24) is 4.98 Å². The molecule has 1 rings (SSSR count). The average Bonchev–Trinajstić information content (AvgIpc) is 2.65. The number of carboxylic acid groups (broad SMARTS) is 1. The van der Waals surface area contributed by atoms with Crippen LogP contribution in [0.2, 0.25) is 0 Å². The Morgan fingerprint density at radius 3 is 2.69 bits per heavy atom. The van der Waals surface area contributed by atoms with Crippen LogP contribution in [0.3, 0.4) is 0 Å². The molecular formula is C10H15NO4S. The molecule has 5 nitrogen and oxygen atoms in total. The molecule has 0 radical (unpaired) electrons. The third kappa shape index (κ3) is 2.78. The van der Waals surface area contributed by atoms with Crippen molar-refractivity contribution in [2.45, 2.75) is 26.1 Å². The van der Waals surface area contributed by atoms with E-state index >= 15 is 0 Å². The molecule has 1 N–H and O–H groups in total. The Bertz CT molecular complexity index is 360. The number of rotatable bonds is 6. The summed E-state index contributed by atoms with van der Waals surface area (Å²) in [4.78, 5) is 15.5. The Morgan fingerprint density at radius 1 is 1.56 bits per heavy atom. The number of thiazole rings is 1. The summed E-state index contributed by atoms with van der Waals surface area (Å²) in [5, 5.41) is 9.70. The smallest absolute Gasteiger partial charge is 0.347 e. The number of aromatic carboxylic acids is 1. The third-order valence-corrected chi connectivity index (χ3v) is 3.30. The molecule has 1 heterocycles. The summed E-state index contributed by atoms with van der Waals surface area (Å²) in [5.74, 6) is -0.971. The maximum Gasteiger partial charge on any atom is 0.347 e. The molecule has 90 valence electrons. The Balaban J connectivity index is 3.04. The Kier molecular flexibility index (Phi) is 4.85. The van der Waals surface area contributed by atoms with Crippen LogP contribution >= 0.6 is 11.3 Å². The van der Waals surface area contributed by atoms with Crippen molar-refractivity contribution in [2.75, 3.05) is 14.2 Å². The first-order chi connectivity index (χ1) is 7.63. The summed E-state index contributed by atoms with van der Waals surface area (Å²) in [5.41, 5.74) is 0.463. The van der Waals surface area contributed by atoms with Crippen LogP contribution in [0.1, 0.15) is 39.8 Å². The van der Waals surface area contributed by atoms with E-state index in [9.17, 15) is 4.79 Å². The molecule has 0 saturated heterocycles. The molecule has 1 aromatic heterocycles. The predicted octanol–water partition coefficient (Wildman–Crippen LogP) is 2.09. The molecule has 1 aromatic rings. The molecule has 1 unspecified atom stereocenters. The number of hydrogen-bond donors (Lipinski definition) is 1. The molecular weight excluding hydrogens is 230 g/mol. The molecule has 0 saturated carbocycles. The van der Waals surface area contributed by atoms with E-state index in [4.69, 9.17) is 14.6 Å². The standard InChI is InChI=1S/C10H15NO4S/c1-4-7(15-3)9-11-6(5-14-2)8(16-9)10(12)13/h7H,4-5H2,1-3H3,(H,12,13). The fraction of sp³-hybridized carbons (Fsp3) is 0.600. The van der Waals surface area contributed by atoms with E-state index < -0.39 is 5.97 Å². The molecule has 0 amide bonds. The van der Waals surface area contributed by atoms with Gasteiger partial charge in [0.25, 0.3) is 0 Å². The van der Waals surface area contributed by atoms with E-state index in [-0.39, 0.29) is 17.6 Å². The van der Waals surface area contributed by atoms with Gasteiger partial charge in [-0.1, -0.05) is 6.92 Å². The topological polar surface area (TPSA) is 68.7 Å². The lowest BCUT2D eigenvalue weighted by atomic mass is 10.3. The van der Waals surface area contributed by atoms with E-state index in [1.54, 1.807) is 7.11 Å². The number of carbonyl (C=O) groups is 1. The van der Waals surface area contributed by atoms with Crippen molar-refractivity contribution in [1.29, 1.82) is 0 Å². The first-order valence-electron chi connectivity index (χ1n) is 4.88. The van der Waals surface area contributed by atoms with Gasteiger partial charge in [-0.2, -0.15) is 0 Å². The van der Waals surface area contributed by atoms with Crippen LogP contribution in [0.5, 0.6) is 0 Å². The quantitative estimate of drug-likeness (QED) is 0.831. The lowest BCUT2D eigenvalue weighted by Gasteiger charge is -2.08. The van der Waals surface area contributed by atoms with Gasteiger partial charge in [-0.15, -0.1) is 11.3 Å². The van der Waals surface area contributed by atoms with Gasteiger partial charge in [-0.3, -0.25) is 0 Å². The van der Waals surface area contributed by atoms with Crippen LogP contribution in [-0.4, -0.2) is 30.3 Å². The van der Waals surface area contributed by atoms with Crippen LogP contribution < -0.4 is 0 Å². The zero-order valence-electron chi connectivity index (χ0n) is 9.52. The monoisotopic (exact) mass is 245 g/mol. The van der Waals surface area contributed by atoms with Gasteiger partial charge in [0.1, 0.15) is 16.0 Å². The lowest BCUT2D eigenvalue weighted by molar-refractivity contribution is 0.0697. The number of nitrogens with zero attached hydrogens (tertiary/aromatic N) is 1. The van der Waals surface area contributed by atoms with Crippen molar-refractivity contribution >= 4 is 17.3 Å². The SMILES string of the molecule is CCC(OC)c1nc(COC)c(C(=O)O)s1. The molecule has 6 heteroatoms. The normalized spacial score (nSPS) is 12.7. The highest BCUT2D eigenvalue weighted by Gasteiger charge is 2.21. The molecule has 0 bridgehead atoms. The largest absolute Gasteiger partial charge is 0.477 e. The average molecular weight is 245 g/mol. The van der Waals surface area contributed by atoms with E-state index in [0.29, 0.717) is 10.7 Å². The highest BCUT2D eigenvalue weighted by molar-refractivity contribution is 7.13. The predicted molar refractivity (Wildman–Crippen MR) is 59.8 cm³/mol. The van der Waals surface area contributed by atoms with Crippen LogP contribution in [0.4, 0.5) is 0 Å². The number of aromatic nitrogens is 1. The minimum absolute atomic E-state index is 0.145. The van der Waals surface area contributed by atoms with Gasteiger partial charge in [0, 0.05) is 14.2 Å². The van der Waals surface area contributed by atoms with E-state index in [1.165, 1.54) is 7.11 Å². The van der Waals surface area contributed by atoms with Gasteiger partial charge >= 0.3 is 5.97 Å². The number of methoxy groups -OCH3 is 2. The van der Waals surface area contributed by atoms with Gasteiger partial charge in [-0.25, -0.2) is 9.78 Å². The molecule has 0 spiro atoms. The van der Waals surface area contributed by atoms with Crippen molar-refractivity contribution in [2.24, 2.45) is 0 Å². The summed E-state index contributed by atoms with van der Waals surface area (Å²) < 4.78 is 10.1. The molecule has 16 heavy (non-hydrogen) atoms. The van der Waals surface area contributed by atoms with Gasteiger partial charge in [0.15, 0.2) is 0 Å². The molecule has 0 aromatic carbocycles. The van der Waals surface area contributed by atoms with E-state index in [2.05, 4.69) is 4.98 Å². The third-order valence-electron chi connectivity index (χ3n) is 2.12. The first-order valence-corrected chi connectivity index (χ1v) is 5.70. The Morgan fingerprint density at radius 2 is 2.25 bits per heavy atom. The zero-order valence-corrected chi connectivity index (χ0v) is 10.3. The summed E-state index contributed by atoms with van der Waals surface area (Å²) in [6.45, 7) is 2.17. The Hall–Kier alpha value is -0.980. The second kappa shape index (κ2) is 5.93. The lowest BCUT2D eigenvalue weighted by Crippen LogP contribution is -2.01. The highest BCUT2D eigenvalue weighted by atomic mass is 32.1. The fourth-order valence-electron chi connectivity index (χ4n) is 1.35. The second-order valence-electron chi connectivity index (χ2n) is 3.20. The first kappa shape index (κ1) is 13.1. The highest BCUT2D eigenvalue weighted by Crippen LogP contribution is 2.28. The maximum atomic E-state index is 11.0. The molecule has 0 fully saturated rings. The molecule has 0 aliphatic rings. The van der Waals surface area contributed by atoms with Gasteiger partial charge < -0.3 is 14.6 Å². The van der Waals surface area contributed by atoms with Crippen LogP contribution in [0.25, 0.3) is 0 Å². The van der Waals surface area contributed by atoms with Crippen LogP contribution in [0.15, 0.2) is 0 Å². The van der Waals surface area contributed by atoms with Gasteiger partial charge in [-0.05, 0) is 6.42 Å². The second-order valence-corrected chi connectivity index (χ2v) is 4.23. The number of carboxylic acids is 1. The molecule has 1 atom stereocenters. The van der Waals surface area contributed by atoms with Gasteiger partial charge in [0.05, 0.1) is 12.3 Å². The Labute approximate surface area is 98.0 Å². The summed E-state index contributed by atoms with van der Waals surface area (Å²) in [6.07, 6.45) is 0.615. The van der Waals surface area contributed by atoms with Crippen molar-refractivity contribution in [3.8, 4) is 0 Å². The van der Waals surface area contributed by atoms with Crippen LogP contribution in [0, 0.1) is 0 Å². The minimum atomic E-state index is -0.971. The van der Waals surface area contributed by atoms with Crippen molar-refractivity contribution < 1.29 is 19.4 Å². The van der Waals surface area contributed by atoms with Gasteiger partial charge in [0.2, 0.25) is 0 Å². The summed E-state index contributed by atoms with van der Waals surface area (Å²) in [6, 6.07) is 0. The number of ether oxygens (including phenoxy) is 2. The number of hydrogen-bond acceptors (Lipinski definition) is 5. The zero-order chi connectivity index (χ0) is 12.1. The van der Waals surface area contributed by atoms with Crippen molar-refractivity contribution in [3.63, 3.8) is 0 Å². The minimum Gasteiger partial charge on any atom is -0.477 e. The van der Waals surface area contributed by atoms with Crippen LogP contribution in [-0.2, 0) is 16.1 Å². The van der Waals surface area contributed by atoms with E-state index in [0.717, 1.165) is 17.8 Å². The van der Waals surface area contributed by atoms with Crippen molar-refractivity contribution in [3.05, 3.63) is 15.6 Å². The van der Waals surface area contributed by atoms with E-state index in [1.807, 2.05) is 6.92 Å². The molecule has 0 aliphatic heterocycles. The molecule has 0 aliphatic carbocycles. The summed E-state index contributed by atoms with van der Waals surface area (Å²) in [7, 11) is 3.10. The maximum absolute atomic E-state index is 11.0. The fourth-order valence-corrected chi connectivity index (χ4v) is 2.42.